The highest BCUT2D eigenvalue weighted by atomic mass is 16.6. The Morgan fingerprint density at radius 2 is 2.08 bits per heavy atom. The molecule has 8 heteroatoms. The Labute approximate surface area is 153 Å². The number of rotatable bonds is 5. The second kappa shape index (κ2) is 8.46. The average Bonchev–Trinajstić information content (AvgIpc) is 2.67. The van der Waals surface area contributed by atoms with E-state index in [0.717, 1.165) is 0 Å². The van der Waals surface area contributed by atoms with Gasteiger partial charge in [0, 0.05) is 32.7 Å². The summed E-state index contributed by atoms with van der Waals surface area (Å²) < 4.78 is 5.04. The molecule has 0 bridgehead atoms. The molecule has 1 aromatic carbocycles. The molecule has 0 saturated carbocycles. The maximum atomic E-state index is 11.8. The van der Waals surface area contributed by atoms with Crippen LogP contribution in [0.4, 0.5) is 16.6 Å². The van der Waals surface area contributed by atoms with Crippen LogP contribution in [0.5, 0.6) is 0 Å². The Balaban J connectivity index is 1.57. The molecule has 1 amide bonds. The smallest absolute Gasteiger partial charge is 0.409 e. The van der Waals surface area contributed by atoms with E-state index in [4.69, 9.17) is 4.74 Å². The van der Waals surface area contributed by atoms with E-state index in [1.54, 1.807) is 11.1 Å². The molecule has 1 fully saturated rings. The van der Waals surface area contributed by atoms with E-state index in [1.165, 1.54) is 11.1 Å². The number of nitrogens with one attached hydrogen (secondary N) is 1. The summed E-state index contributed by atoms with van der Waals surface area (Å²) in [5.41, 5.74) is 2.42. The van der Waals surface area contributed by atoms with E-state index in [0.29, 0.717) is 51.1 Å². The number of amides is 1. The summed E-state index contributed by atoms with van der Waals surface area (Å²) >= 11 is 0. The van der Waals surface area contributed by atoms with Gasteiger partial charge in [0.1, 0.15) is 0 Å². The molecule has 1 aliphatic rings. The summed E-state index contributed by atoms with van der Waals surface area (Å²) in [5, 5.41) is 11.5. The molecule has 2 aromatic rings. The molecule has 8 nitrogen and oxygen atoms in total. The number of carbonyl (C=O) groups excluding carboxylic acids is 1. The summed E-state index contributed by atoms with van der Waals surface area (Å²) in [6.07, 6.45) is 1.36. The Morgan fingerprint density at radius 1 is 1.27 bits per heavy atom. The van der Waals surface area contributed by atoms with E-state index < -0.39 is 0 Å². The molecule has 0 radical (unpaired) electrons. The zero-order valence-corrected chi connectivity index (χ0v) is 15.2. The standard InChI is InChI=1S/C18H24N6O2/c1-3-26-18(25)24-9-7-23(8-10-24)17-21-16(13-20-22-17)19-12-15-6-4-5-14(2)11-15/h4-6,11,13H,3,7-10,12H2,1-2H3,(H,19,21,22). The maximum absolute atomic E-state index is 11.8. The summed E-state index contributed by atoms with van der Waals surface area (Å²) in [6, 6.07) is 8.32. The zero-order valence-electron chi connectivity index (χ0n) is 15.2. The van der Waals surface area contributed by atoms with E-state index in [9.17, 15) is 4.79 Å². The van der Waals surface area contributed by atoms with Crippen molar-refractivity contribution in [1.29, 1.82) is 0 Å². The van der Waals surface area contributed by atoms with Crippen molar-refractivity contribution in [3.63, 3.8) is 0 Å². The molecule has 1 aromatic heterocycles. The molecule has 0 aliphatic carbocycles. The fourth-order valence-electron chi connectivity index (χ4n) is 2.83. The number of anilines is 2. The largest absolute Gasteiger partial charge is 0.450 e. The third kappa shape index (κ3) is 4.59. The van der Waals surface area contributed by atoms with Gasteiger partial charge in [0.2, 0.25) is 5.95 Å². The second-order valence-electron chi connectivity index (χ2n) is 6.16. The highest BCUT2D eigenvalue weighted by molar-refractivity contribution is 5.68. The van der Waals surface area contributed by atoms with Crippen LogP contribution in [-0.4, -0.2) is 59.0 Å². The minimum atomic E-state index is -0.264. The summed E-state index contributed by atoms with van der Waals surface area (Å²) in [6.45, 7) is 7.43. The van der Waals surface area contributed by atoms with E-state index in [-0.39, 0.29) is 6.09 Å². The number of nitrogens with zero attached hydrogens (tertiary/aromatic N) is 5. The topological polar surface area (TPSA) is 83.5 Å². The number of aryl methyl sites for hydroxylation is 1. The predicted octanol–water partition coefficient (Wildman–Crippen LogP) is 2.07. The Kier molecular flexibility index (Phi) is 5.83. The lowest BCUT2D eigenvalue weighted by atomic mass is 10.1. The van der Waals surface area contributed by atoms with Crippen LogP contribution in [0.3, 0.4) is 0 Å². The van der Waals surface area contributed by atoms with Gasteiger partial charge in [-0.25, -0.2) is 4.79 Å². The molecule has 1 N–H and O–H groups in total. The van der Waals surface area contributed by atoms with E-state index in [1.807, 2.05) is 17.9 Å². The van der Waals surface area contributed by atoms with Gasteiger partial charge in [0.15, 0.2) is 5.82 Å². The highest BCUT2D eigenvalue weighted by Gasteiger charge is 2.23. The SMILES string of the molecule is CCOC(=O)N1CCN(c2nncc(NCc3cccc(C)c3)n2)CC1. The van der Waals surface area contributed by atoms with Crippen molar-refractivity contribution in [2.75, 3.05) is 43.0 Å². The number of ether oxygens (including phenoxy) is 1. The van der Waals surface area contributed by atoms with Crippen molar-refractivity contribution in [2.24, 2.45) is 0 Å². The van der Waals surface area contributed by atoms with Crippen LogP contribution in [-0.2, 0) is 11.3 Å². The van der Waals surface area contributed by atoms with Gasteiger partial charge in [-0.05, 0) is 19.4 Å². The molecular formula is C18H24N6O2. The number of hydrogen-bond donors (Lipinski definition) is 1. The third-order valence-electron chi connectivity index (χ3n) is 4.19. The summed E-state index contributed by atoms with van der Waals surface area (Å²) in [5.74, 6) is 1.26. The monoisotopic (exact) mass is 356 g/mol. The van der Waals surface area contributed by atoms with Gasteiger partial charge in [-0.15, -0.1) is 5.10 Å². The van der Waals surface area contributed by atoms with Crippen molar-refractivity contribution in [1.82, 2.24) is 20.1 Å². The van der Waals surface area contributed by atoms with Crippen molar-refractivity contribution in [3.05, 3.63) is 41.6 Å². The number of carbonyl (C=O) groups is 1. The molecule has 3 rings (SSSR count). The lowest BCUT2D eigenvalue weighted by Gasteiger charge is -2.33. The predicted molar refractivity (Wildman–Crippen MR) is 99.1 cm³/mol. The Morgan fingerprint density at radius 3 is 2.81 bits per heavy atom. The van der Waals surface area contributed by atoms with Gasteiger partial charge in [-0.3, -0.25) is 0 Å². The number of benzene rings is 1. The quantitative estimate of drug-likeness (QED) is 0.878. The zero-order chi connectivity index (χ0) is 18.4. The molecule has 1 aliphatic heterocycles. The average molecular weight is 356 g/mol. The first kappa shape index (κ1) is 17.9. The lowest BCUT2D eigenvalue weighted by molar-refractivity contribution is 0.105. The maximum Gasteiger partial charge on any atom is 0.409 e. The number of hydrogen-bond acceptors (Lipinski definition) is 7. The fraction of sp³-hybridized carbons (Fsp3) is 0.444. The van der Waals surface area contributed by atoms with Crippen LogP contribution in [0.25, 0.3) is 0 Å². The van der Waals surface area contributed by atoms with E-state index in [2.05, 4.69) is 45.6 Å². The lowest BCUT2D eigenvalue weighted by Crippen LogP contribution is -2.49. The Bertz CT molecular complexity index is 746. The summed E-state index contributed by atoms with van der Waals surface area (Å²) in [7, 11) is 0. The molecule has 0 spiro atoms. The van der Waals surface area contributed by atoms with Crippen molar-refractivity contribution in [3.8, 4) is 0 Å². The molecule has 0 unspecified atom stereocenters. The fourth-order valence-corrected chi connectivity index (χ4v) is 2.83. The molecule has 26 heavy (non-hydrogen) atoms. The molecule has 138 valence electrons. The van der Waals surface area contributed by atoms with Crippen LogP contribution in [0.2, 0.25) is 0 Å². The first-order chi connectivity index (χ1) is 12.7. The van der Waals surface area contributed by atoms with E-state index >= 15 is 0 Å². The minimum absolute atomic E-state index is 0.264. The summed E-state index contributed by atoms with van der Waals surface area (Å²) in [4.78, 5) is 20.0. The number of aromatic nitrogens is 3. The Hall–Kier alpha value is -2.90. The van der Waals surface area contributed by atoms with Crippen molar-refractivity contribution < 1.29 is 9.53 Å². The van der Waals surface area contributed by atoms with Crippen molar-refractivity contribution >= 4 is 17.9 Å². The molecule has 0 atom stereocenters. The second-order valence-corrected chi connectivity index (χ2v) is 6.16. The van der Waals surface area contributed by atoms with Gasteiger partial charge in [0.25, 0.3) is 0 Å². The van der Waals surface area contributed by atoms with Gasteiger partial charge in [-0.1, -0.05) is 29.8 Å². The highest BCUT2D eigenvalue weighted by Crippen LogP contribution is 2.14. The third-order valence-corrected chi connectivity index (χ3v) is 4.19. The van der Waals surface area contributed by atoms with Gasteiger partial charge in [-0.2, -0.15) is 10.1 Å². The van der Waals surface area contributed by atoms with Crippen LogP contribution in [0, 0.1) is 6.92 Å². The van der Waals surface area contributed by atoms with Crippen LogP contribution in [0.1, 0.15) is 18.1 Å². The van der Waals surface area contributed by atoms with Crippen LogP contribution < -0.4 is 10.2 Å². The first-order valence-corrected chi connectivity index (χ1v) is 8.81. The molecule has 1 saturated heterocycles. The van der Waals surface area contributed by atoms with Crippen LogP contribution in [0.15, 0.2) is 30.5 Å². The van der Waals surface area contributed by atoms with Gasteiger partial charge in [0.05, 0.1) is 12.8 Å². The van der Waals surface area contributed by atoms with Crippen molar-refractivity contribution in [2.45, 2.75) is 20.4 Å². The molecular weight excluding hydrogens is 332 g/mol. The first-order valence-electron chi connectivity index (χ1n) is 8.81. The van der Waals surface area contributed by atoms with Crippen LogP contribution >= 0.6 is 0 Å². The van der Waals surface area contributed by atoms with Gasteiger partial charge < -0.3 is 19.9 Å². The molecule has 2 heterocycles. The van der Waals surface area contributed by atoms with Gasteiger partial charge >= 0.3 is 6.09 Å². The number of piperazine rings is 1. The normalized spacial score (nSPS) is 14.2. The minimum Gasteiger partial charge on any atom is -0.450 e.